The lowest BCUT2D eigenvalue weighted by molar-refractivity contribution is -0.137. The molecule has 0 atom stereocenters. The number of halogens is 3. The van der Waals surface area contributed by atoms with E-state index in [0.29, 0.717) is 54.9 Å². The molecule has 0 fully saturated rings. The predicted octanol–water partition coefficient (Wildman–Crippen LogP) is 3.59. The molecule has 9 nitrogen and oxygen atoms in total. The fourth-order valence-electron chi connectivity index (χ4n) is 5.20. The molecule has 0 unspecified atom stereocenters. The maximum Gasteiger partial charge on any atom is 0.416 e. The van der Waals surface area contributed by atoms with Gasteiger partial charge in [-0.1, -0.05) is 0 Å². The molecule has 0 N–H and O–H groups in total. The molecule has 2 aliphatic heterocycles. The van der Waals surface area contributed by atoms with Crippen molar-refractivity contribution in [2.45, 2.75) is 38.9 Å². The van der Waals surface area contributed by atoms with Crippen LogP contribution in [0.15, 0.2) is 47.3 Å². The number of aromatic nitrogens is 2. The third-order valence-electron chi connectivity index (χ3n) is 7.38. The van der Waals surface area contributed by atoms with Crippen molar-refractivity contribution >= 4 is 29.1 Å². The minimum atomic E-state index is -4.47. The standard InChI is InChI=1S/C28H28F3N5O4/c1-4-35(20-9-7-19(8-10-20)28(29,30)31)27-32-22-13-14-34(16-21(22)26(39)36(27)40-3)25(38)18-5-11-23-17(15-18)6-12-24(37)33(23)2/h5,7-11,15H,4,6,12-14,16H2,1-3H3. The number of benzene rings is 2. The van der Waals surface area contributed by atoms with E-state index in [4.69, 9.17) is 4.84 Å². The van der Waals surface area contributed by atoms with Crippen LogP contribution in [0, 0.1) is 0 Å². The Hall–Kier alpha value is -4.35. The van der Waals surface area contributed by atoms with Crippen LogP contribution in [0.1, 0.15) is 46.1 Å². The smallest absolute Gasteiger partial charge is 0.411 e. The van der Waals surface area contributed by atoms with E-state index in [-0.39, 0.29) is 24.3 Å². The van der Waals surface area contributed by atoms with Crippen LogP contribution in [0.25, 0.3) is 0 Å². The number of anilines is 3. The molecule has 0 saturated heterocycles. The van der Waals surface area contributed by atoms with Gasteiger partial charge in [-0.3, -0.25) is 14.4 Å². The van der Waals surface area contributed by atoms with Gasteiger partial charge in [-0.05, 0) is 61.4 Å². The first-order chi connectivity index (χ1) is 19.0. The minimum absolute atomic E-state index is 0.0282. The van der Waals surface area contributed by atoms with E-state index in [1.807, 2.05) is 0 Å². The molecule has 210 valence electrons. The van der Waals surface area contributed by atoms with Gasteiger partial charge in [0.25, 0.3) is 11.5 Å². The van der Waals surface area contributed by atoms with E-state index in [2.05, 4.69) is 4.98 Å². The number of alkyl halides is 3. The highest BCUT2D eigenvalue weighted by atomic mass is 19.4. The van der Waals surface area contributed by atoms with E-state index < -0.39 is 17.3 Å². The Balaban J connectivity index is 1.44. The lowest BCUT2D eigenvalue weighted by atomic mass is 9.98. The molecule has 0 aliphatic carbocycles. The molecule has 3 aromatic rings. The molecule has 3 heterocycles. The lowest BCUT2D eigenvalue weighted by Crippen LogP contribution is -2.43. The molecule has 2 amide bonds. The molecule has 40 heavy (non-hydrogen) atoms. The van der Waals surface area contributed by atoms with Crippen LogP contribution in [0.2, 0.25) is 0 Å². The molecular weight excluding hydrogens is 527 g/mol. The highest BCUT2D eigenvalue weighted by Crippen LogP contribution is 2.32. The SMILES string of the molecule is CCN(c1ccc(C(F)(F)F)cc1)c1nc2c(c(=O)n1OC)CN(C(=O)c1ccc3c(c1)CCC(=O)N3C)CC2. The fraction of sp³-hybridized carbons (Fsp3) is 0.357. The normalized spacial score (nSPS) is 15.0. The Bertz CT molecular complexity index is 1530. The zero-order valence-electron chi connectivity index (χ0n) is 22.3. The van der Waals surface area contributed by atoms with Crippen LogP contribution in [-0.2, 0) is 30.4 Å². The summed E-state index contributed by atoms with van der Waals surface area (Å²) in [6.07, 6.45) is -3.21. The van der Waals surface area contributed by atoms with Gasteiger partial charge in [0, 0.05) is 49.9 Å². The lowest BCUT2D eigenvalue weighted by Gasteiger charge is -2.31. The Morgan fingerprint density at radius 2 is 1.80 bits per heavy atom. The zero-order chi connectivity index (χ0) is 28.8. The van der Waals surface area contributed by atoms with Gasteiger partial charge in [-0.15, -0.1) is 4.73 Å². The summed E-state index contributed by atoms with van der Waals surface area (Å²) >= 11 is 0. The largest absolute Gasteiger partial charge is 0.416 e. The minimum Gasteiger partial charge on any atom is -0.411 e. The van der Waals surface area contributed by atoms with E-state index in [1.54, 1.807) is 46.9 Å². The van der Waals surface area contributed by atoms with Crippen molar-refractivity contribution in [3.05, 3.63) is 80.8 Å². The van der Waals surface area contributed by atoms with Crippen molar-refractivity contribution in [2.75, 3.05) is 37.0 Å². The van der Waals surface area contributed by atoms with E-state index in [9.17, 15) is 27.6 Å². The van der Waals surface area contributed by atoms with Crippen LogP contribution < -0.4 is 20.2 Å². The average molecular weight is 556 g/mol. The monoisotopic (exact) mass is 555 g/mol. The van der Waals surface area contributed by atoms with Gasteiger partial charge >= 0.3 is 6.18 Å². The molecule has 0 bridgehead atoms. The number of fused-ring (bicyclic) bond motifs is 2. The highest BCUT2D eigenvalue weighted by Gasteiger charge is 2.32. The van der Waals surface area contributed by atoms with Crippen molar-refractivity contribution in [1.29, 1.82) is 0 Å². The van der Waals surface area contributed by atoms with E-state index >= 15 is 0 Å². The van der Waals surface area contributed by atoms with Gasteiger partial charge in [-0.2, -0.15) is 13.2 Å². The first-order valence-corrected chi connectivity index (χ1v) is 12.9. The van der Waals surface area contributed by atoms with Crippen LogP contribution in [0.3, 0.4) is 0 Å². The van der Waals surface area contributed by atoms with E-state index in [1.165, 1.54) is 19.2 Å². The molecule has 1 aromatic heterocycles. The van der Waals surface area contributed by atoms with Crippen LogP contribution >= 0.6 is 0 Å². The van der Waals surface area contributed by atoms with Crippen LogP contribution in [0.4, 0.5) is 30.5 Å². The topological polar surface area (TPSA) is 88.0 Å². The third-order valence-corrected chi connectivity index (χ3v) is 7.38. The van der Waals surface area contributed by atoms with Gasteiger partial charge in [0.15, 0.2) is 0 Å². The summed E-state index contributed by atoms with van der Waals surface area (Å²) in [6.45, 7) is 2.46. The summed E-state index contributed by atoms with van der Waals surface area (Å²) in [6, 6.07) is 9.86. The molecule has 2 aromatic carbocycles. The zero-order valence-corrected chi connectivity index (χ0v) is 22.3. The Kier molecular flexibility index (Phi) is 7.03. The third kappa shape index (κ3) is 4.78. The summed E-state index contributed by atoms with van der Waals surface area (Å²) in [5, 5.41) is 0. The first-order valence-electron chi connectivity index (χ1n) is 12.9. The number of amides is 2. The molecular formula is C28H28F3N5O4. The second-order valence-corrected chi connectivity index (χ2v) is 9.68. The molecule has 0 saturated carbocycles. The van der Waals surface area contributed by atoms with Crippen LogP contribution in [-0.4, -0.2) is 53.7 Å². The van der Waals surface area contributed by atoms with Gasteiger partial charge in [-0.25, -0.2) is 4.98 Å². The molecule has 5 rings (SSSR count). The number of nitrogens with zero attached hydrogens (tertiary/aromatic N) is 5. The van der Waals surface area contributed by atoms with Gasteiger partial charge < -0.3 is 19.5 Å². The second kappa shape index (κ2) is 10.3. The highest BCUT2D eigenvalue weighted by molar-refractivity contribution is 5.99. The summed E-state index contributed by atoms with van der Waals surface area (Å²) < 4.78 is 40.2. The number of rotatable bonds is 5. The number of hydrogen-bond acceptors (Lipinski definition) is 6. The Labute approximate surface area is 228 Å². The summed E-state index contributed by atoms with van der Waals surface area (Å²) in [4.78, 5) is 53.7. The number of aryl methyl sites for hydroxylation is 1. The van der Waals surface area contributed by atoms with Crippen molar-refractivity contribution in [2.24, 2.45) is 0 Å². The maximum atomic E-state index is 13.5. The Morgan fingerprint density at radius 3 is 2.45 bits per heavy atom. The molecule has 0 radical (unpaired) electrons. The van der Waals surface area contributed by atoms with E-state index in [0.717, 1.165) is 28.1 Å². The molecule has 0 spiro atoms. The van der Waals surface area contributed by atoms with Crippen LogP contribution in [0.5, 0.6) is 0 Å². The number of hydrogen-bond donors (Lipinski definition) is 0. The quantitative estimate of drug-likeness (QED) is 0.478. The number of carbonyl (C=O) groups excluding carboxylic acids is 2. The van der Waals surface area contributed by atoms with Gasteiger partial charge in [0.1, 0.15) is 7.11 Å². The van der Waals surface area contributed by atoms with Gasteiger partial charge in [0.2, 0.25) is 11.9 Å². The van der Waals surface area contributed by atoms with Crippen molar-refractivity contribution < 1.29 is 27.6 Å². The summed E-state index contributed by atoms with van der Waals surface area (Å²) in [5.74, 6) is -0.0671. The van der Waals surface area contributed by atoms with Crippen molar-refractivity contribution in [1.82, 2.24) is 14.6 Å². The van der Waals surface area contributed by atoms with Gasteiger partial charge in [0.05, 0.1) is 23.4 Å². The Morgan fingerprint density at radius 1 is 1.07 bits per heavy atom. The maximum absolute atomic E-state index is 13.5. The average Bonchev–Trinajstić information content (AvgIpc) is 2.95. The summed E-state index contributed by atoms with van der Waals surface area (Å²) in [7, 11) is 3.02. The second-order valence-electron chi connectivity index (χ2n) is 9.68. The predicted molar refractivity (Wildman–Crippen MR) is 142 cm³/mol. The molecule has 12 heteroatoms. The fourth-order valence-corrected chi connectivity index (χ4v) is 5.20. The van der Waals surface area contributed by atoms with Crippen molar-refractivity contribution in [3.63, 3.8) is 0 Å². The first kappa shape index (κ1) is 27.2. The molecule has 2 aliphatic rings. The number of carbonyl (C=O) groups is 2. The van der Waals surface area contributed by atoms with Crippen molar-refractivity contribution in [3.8, 4) is 0 Å². The summed E-state index contributed by atoms with van der Waals surface area (Å²) in [5.41, 5.74) is 2.15.